The highest BCUT2D eigenvalue weighted by Gasteiger charge is 2.04. The second-order valence-electron chi connectivity index (χ2n) is 6.61. The van der Waals surface area contributed by atoms with Crippen molar-refractivity contribution in [3.05, 3.63) is 35.4 Å². The molecular formula is C20H34N4O. The molecule has 0 saturated heterocycles. The van der Waals surface area contributed by atoms with Gasteiger partial charge in [0, 0.05) is 25.2 Å². The van der Waals surface area contributed by atoms with Gasteiger partial charge in [-0.25, -0.2) is 4.99 Å². The van der Waals surface area contributed by atoms with Gasteiger partial charge < -0.3 is 16.0 Å². The van der Waals surface area contributed by atoms with E-state index in [4.69, 9.17) is 0 Å². The zero-order valence-corrected chi connectivity index (χ0v) is 16.2. The van der Waals surface area contributed by atoms with Gasteiger partial charge in [-0.05, 0) is 43.4 Å². The third-order valence-corrected chi connectivity index (χ3v) is 3.81. The molecule has 1 amide bonds. The first kappa shape index (κ1) is 21.0. The zero-order chi connectivity index (χ0) is 18.5. The van der Waals surface area contributed by atoms with Crippen LogP contribution in [0.15, 0.2) is 29.3 Å². The Morgan fingerprint density at radius 2 is 1.76 bits per heavy atom. The van der Waals surface area contributed by atoms with E-state index in [0.29, 0.717) is 18.0 Å². The first-order valence-electron chi connectivity index (χ1n) is 9.46. The van der Waals surface area contributed by atoms with Crippen LogP contribution in [0.5, 0.6) is 0 Å². The average molecular weight is 347 g/mol. The van der Waals surface area contributed by atoms with E-state index in [1.807, 2.05) is 24.3 Å². The third kappa shape index (κ3) is 9.13. The fourth-order valence-electron chi connectivity index (χ4n) is 2.23. The number of benzene rings is 1. The number of carbonyl (C=O) groups excluding carboxylic acids is 1. The first-order valence-corrected chi connectivity index (χ1v) is 9.46. The number of rotatable bonds is 10. The van der Waals surface area contributed by atoms with E-state index in [1.165, 1.54) is 0 Å². The molecule has 25 heavy (non-hydrogen) atoms. The summed E-state index contributed by atoms with van der Waals surface area (Å²) in [6.45, 7) is 11.7. The number of guanidine groups is 1. The standard InChI is InChI=1S/C20H34N4O/c1-5-7-13-22-19(25)18-10-8-17(9-11-18)15-24-20(21-6-2)23-14-12-16(3)4/h8-11,16H,5-7,12-15H2,1-4H3,(H,22,25)(H2,21,23,24). The molecule has 0 saturated carbocycles. The predicted octanol–water partition coefficient (Wildman–Crippen LogP) is 3.32. The Morgan fingerprint density at radius 3 is 2.36 bits per heavy atom. The maximum atomic E-state index is 12.0. The van der Waals surface area contributed by atoms with Gasteiger partial charge in [0.05, 0.1) is 6.54 Å². The van der Waals surface area contributed by atoms with Crippen LogP contribution in [0.3, 0.4) is 0 Å². The van der Waals surface area contributed by atoms with E-state index in [0.717, 1.165) is 50.4 Å². The Hall–Kier alpha value is -2.04. The fraction of sp³-hybridized carbons (Fsp3) is 0.600. The molecule has 5 heteroatoms. The molecule has 0 fully saturated rings. The molecule has 0 atom stereocenters. The van der Waals surface area contributed by atoms with Gasteiger partial charge >= 0.3 is 0 Å². The average Bonchev–Trinajstić information content (AvgIpc) is 2.60. The van der Waals surface area contributed by atoms with Gasteiger partial charge in [0.25, 0.3) is 5.91 Å². The van der Waals surface area contributed by atoms with Crippen molar-refractivity contribution >= 4 is 11.9 Å². The largest absolute Gasteiger partial charge is 0.357 e. The highest BCUT2D eigenvalue weighted by molar-refractivity contribution is 5.94. The van der Waals surface area contributed by atoms with Crippen LogP contribution >= 0.6 is 0 Å². The second kappa shape index (κ2) is 12.3. The minimum Gasteiger partial charge on any atom is -0.357 e. The lowest BCUT2D eigenvalue weighted by molar-refractivity contribution is 0.0953. The maximum Gasteiger partial charge on any atom is 0.251 e. The third-order valence-electron chi connectivity index (χ3n) is 3.81. The number of amides is 1. The molecule has 0 radical (unpaired) electrons. The van der Waals surface area contributed by atoms with Crippen LogP contribution in [-0.2, 0) is 6.54 Å². The monoisotopic (exact) mass is 346 g/mol. The van der Waals surface area contributed by atoms with E-state index < -0.39 is 0 Å². The molecule has 1 aromatic carbocycles. The molecule has 0 heterocycles. The first-order chi connectivity index (χ1) is 12.1. The number of hydrogen-bond acceptors (Lipinski definition) is 2. The quantitative estimate of drug-likeness (QED) is 0.346. The fourth-order valence-corrected chi connectivity index (χ4v) is 2.23. The molecule has 0 unspecified atom stereocenters. The number of hydrogen-bond donors (Lipinski definition) is 3. The van der Waals surface area contributed by atoms with Crippen LogP contribution in [0.25, 0.3) is 0 Å². The molecule has 0 aliphatic rings. The summed E-state index contributed by atoms with van der Waals surface area (Å²) in [6.07, 6.45) is 3.21. The van der Waals surface area contributed by atoms with Crippen LogP contribution in [0.2, 0.25) is 0 Å². The Balaban J connectivity index is 2.54. The zero-order valence-electron chi connectivity index (χ0n) is 16.2. The Morgan fingerprint density at radius 1 is 1.04 bits per heavy atom. The van der Waals surface area contributed by atoms with Gasteiger partial charge in [0.2, 0.25) is 0 Å². The van der Waals surface area contributed by atoms with Crippen LogP contribution < -0.4 is 16.0 Å². The number of carbonyl (C=O) groups is 1. The highest BCUT2D eigenvalue weighted by atomic mass is 16.1. The van der Waals surface area contributed by atoms with Crippen LogP contribution in [0, 0.1) is 5.92 Å². The van der Waals surface area contributed by atoms with Crippen molar-refractivity contribution in [2.75, 3.05) is 19.6 Å². The predicted molar refractivity (Wildman–Crippen MR) is 106 cm³/mol. The van der Waals surface area contributed by atoms with Crippen LogP contribution in [0.4, 0.5) is 0 Å². The molecule has 5 nitrogen and oxygen atoms in total. The lowest BCUT2D eigenvalue weighted by atomic mass is 10.1. The Labute approximate surface area is 152 Å². The Kier molecular flexibility index (Phi) is 10.4. The number of nitrogens with zero attached hydrogens (tertiary/aromatic N) is 1. The molecule has 0 bridgehead atoms. The number of nitrogens with one attached hydrogen (secondary N) is 3. The summed E-state index contributed by atoms with van der Waals surface area (Å²) in [5.41, 5.74) is 1.79. The van der Waals surface area contributed by atoms with Crippen molar-refractivity contribution in [3.8, 4) is 0 Å². The topological polar surface area (TPSA) is 65.5 Å². The van der Waals surface area contributed by atoms with Gasteiger partial charge in [-0.2, -0.15) is 0 Å². The van der Waals surface area contributed by atoms with Gasteiger partial charge in [-0.15, -0.1) is 0 Å². The van der Waals surface area contributed by atoms with Crippen molar-refractivity contribution < 1.29 is 4.79 Å². The molecular weight excluding hydrogens is 312 g/mol. The van der Waals surface area contributed by atoms with Crippen LogP contribution in [-0.4, -0.2) is 31.5 Å². The maximum absolute atomic E-state index is 12.0. The summed E-state index contributed by atoms with van der Waals surface area (Å²) in [5, 5.41) is 9.55. The minimum atomic E-state index is -0.00723. The number of aliphatic imine (C=N–C) groups is 1. The molecule has 0 aliphatic heterocycles. The van der Waals surface area contributed by atoms with Crippen molar-refractivity contribution in [2.24, 2.45) is 10.9 Å². The summed E-state index contributed by atoms with van der Waals surface area (Å²) in [7, 11) is 0. The van der Waals surface area contributed by atoms with Crippen molar-refractivity contribution in [3.63, 3.8) is 0 Å². The number of unbranched alkanes of at least 4 members (excludes halogenated alkanes) is 1. The smallest absolute Gasteiger partial charge is 0.251 e. The van der Waals surface area contributed by atoms with E-state index in [2.05, 4.69) is 48.6 Å². The molecule has 3 N–H and O–H groups in total. The Bertz CT molecular complexity index is 523. The molecule has 0 aromatic heterocycles. The molecule has 0 spiro atoms. The van der Waals surface area contributed by atoms with E-state index in [9.17, 15) is 4.79 Å². The molecule has 1 aromatic rings. The van der Waals surface area contributed by atoms with Gasteiger partial charge in [0.1, 0.15) is 0 Å². The van der Waals surface area contributed by atoms with Crippen molar-refractivity contribution in [1.82, 2.24) is 16.0 Å². The van der Waals surface area contributed by atoms with Gasteiger partial charge in [-0.1, -0.05) is 39.3 Å². The molecule has 0 aliphatic carbocycles. The van der Waals surface area contributed by atoms with Crippen molar-refractivity contribution in [1.29, 1.82) is 0 Å². The molecule has 1 rings (SSSR count). The minimum absolute atomic E-state index is 0.00723. The summed E-state index contributed by atoms with van der Waals surface area (Å²) in [5.74, 6) is 1.50. The normalized spacial score (nSPS) is 11.5. The lowest BCUT2D eigenvalue weighted by Gasteiger charge is -2.12. The SMILES string of the molecule is CCCCNC(=O)c1ccc(CN=C(NCC)NCCC(C)C)cc1. The highest BCUT2D eigenvalue weighted by Crippen LogP contribution is 2.06. The van der Waals surface area contributed by atoms with Gasteiger partial charge in [-0.3, -0.25) is 4.79 Å². The summed E-state index contributed by atoms with van der Waals surface area (Å²) in [6, 6.07) is 7.67. The lowest BCUT2D eigenvalue weighted by Crippen LogP contribution is -2.38. The summed E-state index contributed by atoms with van der Waals surface area (Å²) < 4.78 is 0. The second-order valence-corrected chi connectivity index (χ2v) is 6.61. The van der Waals surface area contributed by atoms with Gasteiger partial charge in [0.15, 0.2) is 5.96 Å². The van der Waals surface area contributed by atoms with E-state index >= 15 is 0 Å². The van der Waals surface area contributed by atoms with Crippen molar-refractivity contribution in [2.45, 2.75) is 53.5 Å². The van der Waals surface area contributed by atoms with Crippen LogP contribution in [0.1, 0.15) is 62.9 Å². The molecule has 140 valence electrons. The van der Waals surface area contributed by atoms with E-state index in [1.54, 1.807) is 0 Å². The summed E-state index contributed by atoms with van der Waals surface area (Å²) in [4.78, 5) is 16.6. The summed E-state index contributed by atoms with van der Waals surface area (Å²) >= 11 is 0. The van der Waals surface area contributed by atoms with E-state index in [-0.39, 0.29) is 5.91 Å².